The standard InChI is InChI=1S/C15H20ClNO2/c1-11-6-7-12(10-13(11)16)14(15(18)19)17-8-4-2-3-5-9-17/h6-7,10,14H,2-5,8-9H2,1H3,(H,18,19). The van der Waals surface area contributed by atoms with E-state index in [1.165, 1.54) is 12.8 Å². The van der Waals surface area contributed by atoms with Crippen LogP contribution >= 0.6 is 11.6 Å². The van der Waals surface area contributed by atoms with Gasteiger partial charge in [-0.25, -0.2) is 0 Å². The highest BCUT2D eigenvalue weighted by molar-refractivity contribution is 6.31. The van der Waals surface area contributed by atoms with Gasteiger partial charge in [0, 0.05) is 5.02 Å². The van der Waals surface area contributed by atoms with Gasteiger partial charge in [-0.3, -0.25) is 9.69 Å². The third kappa shape index (κ3) is 3.48. The highest BCUT2D eigenvalue weighted by Gasteiger charge is 2.28. The maximum absolute atomic E-state index is 11.6. The number of likely N-dealkylation sites (tertiary alicyclic amines) is 1. The Morgan fingerprint density at radius 1 is 1.26 bits per heavy atom. The molecule has 4 heteroatoms. The molecule has 3 nitrogen and oxygen atoms in total. The Morgan fingerprint density at radius 3 is 2.42 bits per heavy atom. The zero-order valence-corrected chi connectivity index (χ0v) is 12.0. The molecule has 1 fully saturated rings. The van der Waals surface area contributed by atoms with Crippen molar-refractivity contribution < 1.29 is 9.90 Å². The summed E-state index contributed by atoms with van der Waals surface area (Å²) in [5.74, 6) is -0.790. The Hall–Kier alpha value is -1.06. The van der Waals surface area contributed by atoms with E-state index < -0.39 is 12.0 Å². The first-order valence-electron chi connectivity index (χ1n) is 6.82. The van der Waals surface area contributed by atoms with Crippen molar-refractivity contribution in [1.29, 1.82) is 0 Å². The summed E-state index contributed by atoms with van der Waals surface area (Å²) < 4.78 is 0. The number of carboxylic acid groups (broad SMARTS) is 1. The zero-order chi connectivity index (χ0) is 13.8. The number of aryl methyl sites for hydroxylation is 1. The minimum atomic E-state index is -0.790. The number of benzene rings is 1. The maximum atomic E-state index is 11.6. The molecule has 0 saturated carbocycles. The summed E-state index contributed by atoms with van der Waals surface area (Å²) in [6.45, 7) is 3.62. The smallest absolute Gasteiger partial charge is 0.325 e. The average molecular weight is 282 g/mol. The molecule has 0 aliphatic carbocycles. The van der Waals surface area contributed by atoms with E-state index in [0.717, 1.165) is 37.1 Å². The number of carbonyl (C=O) groups is 1. The maximum Gasteiger partial charge on any atom is 0.325 e. The van der Waals surface area contributed by atoms with Gasteiger partial charge in [-0.2, -0.15) is 0 Å². The van der Waals surface area contributed by atoms with Gasteiger partial charge in [-0.05, 0) is 50.0 Å². The Morgan fingerprint density at radius 2 is 1.89 bits per heavy atom. The third-order valence-corrected chi connectivity index (χ3v) is 4.16. The lowest BCUT2D eigenvalue weighted by Gasteiger charge is -2.27. The number of nitrogens with zero attached hydrogens (tertiary/aromatic N) is 1. The first kappa shape index (κ1) is 14.4. The van der Waals surface area contributed by atoms with Crippen molar-refractivity contribution in [3.63, 3.8) is 0 Å². The molecule has 104 valence electrons. The molecular formula is C15H20ClNO2. The van der Waals surface area contributed by atoms with Crippen LogP contribution in [0, 0.1) is 6.92 Å². The van der Waals surface area contributed by atoms with Gasteiger partial charge in [0.05, 0.1) is 0 Å². The fourth-order valence-electron chi connectivity index (χ4n) is 2.64. The summed E-state index contributed by atoms with van der Waals surface area (Å²) in [5, 5.41) is 10.2. The lowest BCUT2D eigenvalue weighted by atomic mass is 10.0. The van der Waals surface area contributed by atoms with Crippen molar-refractivity contribution in [3.05, 3.63) is 34.3 Å². The summed E-state index contributed by atoms with van der Waals surface area (Å²) in [7, 11) is 0. The minimum Gasteiger partial charge on any atom is -0.480 e. The van der Waals surface area contributed by atoms with E-state index in [-0.39, 0.29) is 0 Å². The summed E-state index contributed by atoms with van der Waals surface area (Å²) in [6.07, 6.45) is 4.53. The Kier molecular flexibility index (Phi) is 4.83. The predicted molar refractivity (Wildman–Crippen MR) is 76.6 cm³/mol. The highest BCUT2D eigenvalue weighted by atomic mass is 35.5. The van der Waals surface area contributed by atoms with Gasteiger partial charge in [-0.15, -0.1) is 0 Å². The monoisotopic (exact) mass is 281 g/mol. The second kappa shape index (κ2) is 6.40. The Labute approximate surface area is 119 Å². The number of aliphatic carboxylic acids is 1. The van der Waals surface area contributed by atoms with Gasteiger partial charge in [0.1, 0.15) is 6.04 Å². The van der Waals surface area contributed by atoms with Crippen LogP contribution in [0.3, 0.4) is 0 Å². The molecule has 1 unspecified atom stereocenters. The van der Waals surface area contributed by atoms with Crippen LogP contribution < -0.4 is 0 Å². The van der Waals surface area contributed by atoms with E-state index in [0.29, 0.717) is 5.02 Å². The number of carboxylic acids is 1. The topological polar surface area (TPSA) is 40.5 Å². The number of halogens is 1. The molecule has 19 heavy (non-hydrogen) atoms. The van der Waals surface area contributed by atoms with Crippen molar-refractivity contribution in [2.24, 2.45) is 0 Å². The van der Waals surface area contributed by atoms with Crippen LogP contribution in [0.15, 0.2) is 18.2 Å². The van der Waals surface area contributed by atoms with Gasteiger partial charge in [0.2, 0.25) is 0 Å². The number of hydrogen-bond donors (Lipinski definition) is 1. The first-order chi connectivity index (χ1) is 9.09. The molecule has 2 rings (SSSR count). The molecule has 1 aromatic carbocycles. The summed E-state index contributed by atoms with van der Waals surface area (Å²) in [6, 6.07) is 4.99. The van der Waals surface area contributed by atoms with Crippen LogP contribution in [0.5, 0.6) is 0 Å². The molecule has 0 spiro atoms. The fraction of sp³-hybridized carbons (Fsp3) is 0.533. The fourth-order valence-corrected chi connectivity index (χ4v) is 2.83. The number of rotatable bonds is 3. The van der Waals surface area contributed by atoms with E-state index in [9.17, 15) is 9.90 Å². The van der Waals surface area contributed by atoms with Crippen LogP contribution in [0.25, 0.3) is 0 Å². The van der Waals surface area contributed by atoms with Gasteiger partial charge in [0.15, 0.2) is 0 Å². The SMILES string of the molecule is Cc1ccc(C(C(=O)O)N2CCCCCC2)cc1Cl. The molecule has 0 aromatic heterocycles. The molecule has 1 aliphatic heterocycles. The lowest BCUT2D eigenvalue weighted by molar-refractivity contribution is -0.143. The molecule has 1 saturated heterocycles. The number of hydrogen-bond acceptors (Lipinski definition) is 2. The summed E-state index contributed by atoms with van der Waals surface area (Å²) in [5.41, 5.74) is 1.76. The molecule has 1 N–H and O–H groups in total. The normalized spacial score (nSPS) is 18.8. The van der Waals surface area contributed by atoms with E-state index in [1.807, 2.05) is 19.1 Å². The van der Waals surface area contributed by atoms with Gasteiger partial charge >= 0.3 is 5.97 Å². The Balaban J connectivity index is 2.27. The van der Waals surface area contributed by atoms with Gasteiger partial charge in [-0.1, -0.05) is 36.6 Å². The highest BCUT2D eigenvalue weighted by Crippen LogP contribution is 2.27. The van der Waals surface area contributed by atoms with E-state index in [4.69, 9.17) is 11.6 Å². The van der Waals surface area contributed by atoms with E-state index >= 15 is 0 Å². The lowest BCUT2D eigenvalue weighted by Crippen LogP contribution is -2.34. The molecule has 1 aromatic rings. The summed E-state index contributed by atoms with van der Waals surface area (Å²) >= 11 is 6.12. The molecule has 0 radical (unpaired) electrons. The zero-order valence-electron chi connectivity index (χ0n) is 11.2. The second-order valence-electron chi connectivity index (χ2n) is 5.20. The predicted octanol–water partition coefficient (Wildman–Crippen LogP) is 3.65. The largest absolute Gasteiger partial charge is 0.480 e. The average Bonchev–Trinajstić information content (AvgIpc) is 2.62. The van der Waals surface area contributed by atoms with E-state index in [1.54, 1.807) is 6.07 Å². The van der Waals surface area contributed by atoms with Gasteiger partial charge in [0.25, 0.3) is 0 Å². The molecule has 1 aliphatic rings. The van der Waals surface area contributed by atoms with Crippen molar-refractivity contribution >= 4 is 17.6 Å². The summed E-state index contributed by atoms with van der Waals surface area (Å²) in [4.78, 5) is 13.7. The van der Waals surface area contributed by atoms with Crippen LogP contribution in [-0.4, -0.2) is 29.1 Å². The van der Waals surface area contributed by atoms with Crippen molar-refractivity contribution in [3.8, 4) is 0 Å². The van der Waals surface area contributed by atoms with Crippen LogP contribution in [0.2, 0.25) is 5.02 Å². The molecular weight excluding hydrogens is 262 g/mol. The quantitative estimate of drug-likeness (QED) is 0.919. The molecule has 0 bridgehead atoms. The van der Waals surface area contributed by atoms with Crippen molar-refractivity contribution in [1.82, 2.24) is 4.90 Å². The Bertz CT molecular complexity index is 453. The van der Waals surface area contributed by atoms with Gasteiger partial charge < -0.3 is 5.11 Å². The van der Waals surface area contributed by atoms with Crippen LogP contribution in [0.4, 0.5) is 0 Å². The first-order valence-corrected chi connectivity index (χ1v) is 7.20. The third-order valence-electron chi connectivity index (χ3n) is 3.75. The molecule has 1 atom stereocenters. The van der Waals surface area contributed by atoms with Crippen molar-refractivity contribution in [2.75, 3.05) is 13.1 Å². The van der Waals surface area contributed by atoms with Crippen LogP contribution in [0.1, 0.15) is 42.9 Å². The van der Waals surface area contributed by atoms with Crippen LogP contribution in [-0.2, 0) is 4.79 Å². The minimum absolute atomic E-state index is 0.573. The second-order valence-corrected chi connectivity index (χ2v) is 5.61. The van der Waals surface area contributed by atoms with Crippen molar-refractivity contribution in [2.45, 2.75) is 38.6 Å². The molecule has 1 heterocycles. The van der Waals surface area contributed by atoms with E-state index in [2.05, 4.69) is 4.90 Å². The molecule has 0 amide bonds.